The molecule has 4 heteroatoms. The Balaban J connectivity index is 1.40. The Morgan fingerprint density at radius 1 is 0.667 bits per heavy atom. The van der Waals surface area contributed by atoms with E-state index < -0.39 is 0 Å². The largest absolute Gasteiger partial charge is 0.494 e. The van der Waals surface area contributed by atoms with E-state index in [1.807, 2.05) is 66.7 Å². The first kappa shape index (κ1) is 21.6. The third-order valence-electron chi connectivity index (χ3n) is 4.58. The minimum Gasteiger partial charge on any atom is -0.494 e. The zero-order valence-corrected chi connectivity index (χ0v) is 17.8. The summed E-state index contributed by atoms with van der Waals surface area (Å²) in [6, 6.07) is 26.0. The molecule has 0 fully saturated rings. The summed E-state index contributed by atoms with van der Waals surface area (Å²) in [5.74, 6) is 3.26. The standard InChI is InChI=1S/C26H31NO3/c1-21(2)15-16-28-25-13-11-22(12-14-25)20-27-23-7-6-10-26(19-23)30-18-17-29-24-8-4-3-5-9-24/h3-14,19,21,27H,15-18,20H2,1-2H3. The van der Waals surface area contributed by atoms with E-state index in [1.165, 1.54) is 5.56 Å². The fourth-order valence-electron chi connectivity index (χ4n) is 2.85. The van der Waals surface area contributed by atoms with Crippen molar-refractivity contribution in [1.29, 1.82) is 0 Å². The van der Waals surface area contributed by atoms with Crippen LogP contribution in [0.2, 0.25) is 0 Å². The number of rotatable bonds is 12. The lowest BCUT2D eigenvalue weighted by molar-refractivity contribution is 0.217. The minimum atomic E-state index is 0.497. The average molecular weight is 406 g/mol. The maximum Gasteiger partial charge on any atom is 0.122 e. The fraction of sp³-hybridized carbons (Fsp3) is 0.308. The smallest absolute Gasteiger partial charge is 0.122 e. The highest BCUT2D eigenvalue weighted by Gasteiger charge is 2.01. The number of hydrogen-bond acceptors (Lipinski definition) is 4. The first-order chi connectivity index (χ1) is 14.7. The predicted molar refractivity (Wildman–Crippen MR) is 123 cm³/mol. The molecule has 3 aromatic rings. The van der Waals surface area contributed by atoms with Crippen LogP contribution >= 0.6 is 0 Å². The quantitative estimate of drug-likeness (QED) is 0.365. The molecule has 0 saturated carbocycles. The molecule has 30 heavy (non-hydrogen) atoms. The van der Waals surface area contributed by atoms with Gasteiger partial charge in [-0.1, -0.05) is 50.2 Å². The Morgan fingerprint density at radius 3 is 2.03 bits per heavy atom. The van der Waals surface area contributed by atoms with Crippen molar-refractivity contribution in [3.8, 4) is 17.2 Å². The molecule has 0 aromatic heterocycles. The van der Waals surface area contributed by atoms with Crippen molar-refractivity contribution in [2.75, 3.05) is 25.1 Å². The van der Waals surface area contributed by atoms with Gasteiger partial charge in [0.2, 0.25) is 0 Å². The van der Waals surface area contributed by atoms with E-state index in [9.17, 15) is 0 Å². The average Bonchev–Trinajstić information content (AvgIpc) is 2.77. The lowest BCUT2D eigenvalue weighted by Gasteiger charge is -2.11. The molecule has 0 atom stereocenters. The second-order valence-corrected chi connectivity index (χ2v) is 7.57. The minimum absolute atomic E-state index is 0.497. The van der Waals surface area contributed by atoms with Crippen molar-refractivity contribution in [2.24, 2.45) is 5.92 Å². The van der Waals surface area contributed by atoms with Gasteiger partial charge in [-0.15, -0.1) is 0 Å². The van der Waals surface area contributed by atoms with Crippen LogP contribution in [0.4, 0.5) is 5.69 Å². The Bertz CT molecular complexity index is 863. The van der Waals surface area contributed by atoms with Crippen LogP contribution in [0.3, 0.4) is 0 Å². The van der Waals surface area contributed by atoms with Gasteiger partial charge in [0.25, 0.3) is 0 Å². The van der Waals surface area contributed by atoms with Gasteiger partial charge in [-0.05, 0) is 54.3 Å². The lowest BCUT2D eigenvalue weighted by Crippen LogP contribution is -2.09. The Hall–Kier alpha value is -3.14. The Morgan fingerprint density at radius 2 is 1.30 bits per heavy atom. The molecule has 1 N–H and O–H groups in total. The highest BCUT2D eigenvalue weighted by molar-refractivity contribution is 5.48. The summed E-state index contributed by atoms with van der Waals surface area (Å²) in [5.41, 5.74) is 2.22. The molecule has 0 spiro atoms. The second kappa shape index (κ2) is 11.8. The first-order valence-corrected chi connectivity index (χ1v) is 10.6. The molecule has 158 valence electrons. The third-order valence-corrected chi connectivity index (χ3v) is 4.58. The van der Waals surface area contributed by atoms with Crippen LogP contribution in [0, 0.1) is 5.92 Å². The molecular weight excluding hydrogens is 374 g/mol. The van der Waals surface area contributed by atoms with E-state index >= 15 is 0 Å². The van der Waals surface area contributed by atoms with Gasteiger partial charge in [0.15, 0.2) is 0 Å². The van der Waals surface area contributed by atoms with Crippen LogP contribution in [-0.4, -0.2) is 19.8 Å². The molecule has 0 aliphatic rings. The van der Waals surface area contributed by atoms with E-state index in [1.54, 1.807) is 0 Å². The van der Waals surface area contributed by atoms with Crippen LogP contribution in [0.25, 0.3) is 0 Å². The van der Waals surface area contributed by atoms with Crippen LogP contribution in [-0.2, 0) is 6.54 Å². The van der Waals surface area contributed by atoms with E-state index in [0.29, 0.717) is 19.1 Å². The second-order valence-electron chi connectivity index (χ2n) is 7.57. The van der Waals surface area contributed by atoms with Gasteiger partial charge in [0.05, 0.1) is 6.61 Å². The molecule has 0 bridgehead atoms. The van der Waals surface area contributed by atoms with E-state index in [2.05, 4.69) is 31.3 Å². The third kappa shape index (κ3) is 7.70. The topological polar surface area (TPSA) is 39.7 Å². The van der Waals surface area contributed by atoms with Crippen molar-refractivity contribution in [2.45, 2.75) is 26.8 Å². The van der Waals surface area contributed by atoms with Gasteiger partial charge in [-0.2, -0.15) is 0 Å². The first-order valence-electron chi connectivity index (χ1n) is 10.6. The van der Waals surface area contributed by atoms with Crippen molar-refractivity contribution in [3.05, 3.63) is 84.4 Å². The molecule has 4 nitrogen and oxygen atoms in total. The maximum absolute atomic E-state index is 5.81. The van der Waals surface area contributed by atoms with Crippen LogP contribution in [0.5, 0.6) is 17.2 Å². The molecule has 3 rings (SSSR count). The number of benzene rings is 3. The molecular formula is C26H31NO3. The molecule has 0 heterocycles. The molecule has 0 aliphatic carbocycles. The van der Waals surface area contributed by atoms with Crippen molar-refractivity contribution >= 4 is 5.69 Å². The van der Waals surface area contributed by atoms with Gasteiger partial charge in [0, 0.05) is 18.3 Å². The van der Waals surface area contributed by atoms with Crippen LogP contribution < -0.4 is 19.5 Å². The highest BCUT2D eigenvalue weighted by atomic mass is 16.5. The van der Waals surface area contributed by atoms with Crippen molar-refractivity contribution in [3.63, 3.8) is 0 Å². The van der Waals surface area contributed by atoms with Crippen molar-refractivity contribution in [1.82, 2.24) is 0 Å². The monoisotopic (exact) mass is 405 g/mol. The number of ether oxygens (including phenoxy) is 3. The normalized spacial score (nSPS) is 10.6. The molecule has 0 aliphatic heterocycles. The summed E-state index contributed by atoms with van der Waals surface area (Å²) < 4.78 is 17.2. The number of para-hydroxylation sites is 1. The lowest BCUT2D eigenvalue weighted by atomic mass is 10.1. The fourth-order valence-corrected chi connectivity index (χ4v) is 2.85. The molecule has 0 saturated heterocycles. The zero-order chi connectivity index (χ0) is 21.0. The maximum atomic E-state index is 5.81. The van der Waals surface area contributed by atoms with Gasteiger partial charge >= 0.3 is 0 Å². The Kier molecular flexibility index (Phi) is 8.46. The van der Waals surface area contributed by atoms with Crippen LogP contribution in [0.15, 0.2) is 78.9 Å². The summed E-state index contributed by atoms with van der Waals surface area (Å²) in [4.78, 5) is 0. The summed E-state index contributed by atoms with van der Waals surface area (Å²) >= 11 is 0. The summed E-state index contributed by atoms with van der Waals surface area (Å²) in [7, 11) is 0. The van der Waals surface area contributed by atoms with Gasteiger partial charge in [-0.25, -0.2) is 0 Å². The highest BCUT2D eigenvalue weighted by Crippen LogP contribution is 2.19. The van der Waals surface area contributed by atoms with E-state index in [-0.39, 0.29) is 0 Å². The van der Waals surface area contributed by atoms with Gasteiger partial charge in [-0.3, -0.25) is 0 Å². The summed E-state index contributed by atoms with van der Waals surface area (Å²) in [6.07, 6.45) is 1.07. The van der Waals surface area contributed by atoms with Gasteiger partial charge in [0.1, 0.15) is 30.5 Å². The van der Waals surface area contributed by atoms with E-state index in [0.717, 1.165) is 42.5 Å². The summed E-state index contributed by atoms with van der Waals surface area (Å²) in [5, 5.41) is 3.44. The molecule has 0 radical (unpaired) electrons. The van der Waals surface area contributed by atoms with Crippen LogP contribution in [0.1, 0.15) is 25.8 Å². The zero-order valence-electron chi connectivity index (χ0n) is 17.8. The molecule has 0 unspecified atom stereocenters. The summed E-state index contributed by atoms with van der Waals surface area (Å²) in [6.45, 7) is 6.92. The van der Waals surface area contributed by atoms with Gasteiger partial charge < -0.3 is 19.5 Å². The molecule has 3 aromatic carbocycles. The SMILES string of the molecule is CC(C)CCOc1ccc(CNc2cccc(OCCOc3ccccc3)c2)cc1. The molecule has 0 amide bonds. The number of anilines is 1. The van der Waals surface area contributed by atoms with E-state index in [4.69, 9.17) is 14.2 Å². The number of hydrogen-bond donors (Lipinski definition) is 1. The Labute approximate surface area is 179 Å². The predicted octanol–water partition coefficient (Wildman–Crippen LogP) is 6.18. The van der Waals surface area contributed by atoms with Crippen molar-refractivity contribution < 1.29 is 14.2 Å². The number of nitrogens with one attached hydrogen (secondary N) is 1.